The van der Waals surface area contributed by atoms with E-state index in [1.807, 2.05) is 0 Å². The van der Waals surface area contributed by atoms with Gasteiger partial charge in [0.1, 0.15) is 12.2 Å². The van der Waals surface area contributed by atoms with Crippen molar-refractivity contribution in [3.8, 4) is 0 Å². The normalized spacial score (nSPS) is 29.7. The number of likely N-dealkylation sites (tertiary alicyclic amines) is 1. The number of aromatic amines is 1. The lowest BCUT2D eigenvalue weighted by atomic mass is 10.2. The molecule has 1 fully saturated rings. The molecule has 0 spiro atoms. The van der Waals surface area contributed by atoms with Crippen molar-refractivity contribution in [3.63, 3.8) is 0 Å². The number of nitrogens with one attached hydrogen (secondary N) is 1. The molecule has 5 heteroatoms. The minimum Gasteiger partial charge on any atom is -0.326 e. The summed E-state index contributed by atoms with van der Waals surface area (Å²) in [6.07, 6.45) is 2.62. The second-order valence-electron chi connectivity index (χ2n) is 3.60. The van der Waals surface area contributed by atoms with E-state index in [4.69, 9.17) is 5.73 Å². The van der Waals surface area contributed by atoms with Crippen molar-refractivity contribution in [1.29, 1.82) is 0 Å². The number of hydrogen-bond donors (Lipinski definition) is 2. The first-order valence-corrected chi connectivity index (χ1v) is 4.61. The Bertz CT molecular complexity index is 258. The van der Waals surface area contributed by atoms with Crippen LogP contribution in [0.3, 0.4) is 0 Å². The number of nitrogens with zero attached hydrogens (tertiary/aromatic N) is 3. The summed E-state index contributed by atoms with van der Waals surface area (Å²) < 4.78 is 0. The van der Waals surface area contributed by atoms with Gasteiger partial charge in [-0.05, 0) is 13.3 Å². The highest BCUT2D eigenvalue weighted by Gasteiger charge is 2.27. The Morgan fingerprint density at radius 2 is 2.62 bits per heavy atom. The van der Waals surface area contributed by atoms with E-state index in [0.29, 0.717) is 12.1 Å². The maximum Gasteiger partial charge on any atom is 0.138 e. The number of aromatic nitrogens is 3. The predicted molar refractivity (Wildman–Crippen MR) is 48.8 cm³/mol. The molecular formula is C8H15N5. The van der Waals surface area contributed by atoms with Crippen LogP contribution in [0, 0.1) is 0 Å². The van der Waals surface area contributed by atoms with Gasteiger partial charge in [-0.2, -0.15) is 5.10 Å². The van der Waals surface area contributed by atoms with E-state index in [1.165, 1.54) is 6.33 Å². The molecule has 0 aromatic carbocycles. The second kappa shape index (κ2) is 3.43. The number of nitrogens with two attached hydrogens (primary N) is 1. The summed E-state index contributed by atoms with van der Waals surface area (Å²) in [5.74, 6) is 0.918. The molecule has 13 heavy (non-hydrogen) atoms. The third-order valence-corrected chi connectivity index (χ3v) is 2.76. The van der Waals surface area contributed by atoms with Crippen molar-refractivity contribution in [1.82, 2.24) is 20.1 Å². The van der Waals surface area contributed by atoms with Crippen molar-refractivity contribution in [3.05, 3.63) is 12.2 Å². The smallest absolute Gasteiger partial charge is 0.138 e. The van der Waals surface area contributed by atoms with Gasteiger partial charge >= 0.3 is 0 Å². The monoisotopic (exact) mass is 181 g/mol. The fourth-order valence-corrected chi connectivity index (χ4v) is 1.75. The van der Waals surface area contributed by atoms with Crippen LogP contribution in [0.1, 0.15) is 19.2 Å². The minimum atomic E-state index is 0.308. The van der Waals surface area contributed by atoms with Crippen LogP contribution in [-0.2, 0) is 6.54 Å². The molecule has 1 aliphatic rings. The molecule has 1 aromatic rings. The zero-order valence-corrected chi connectivity index (χ0v) is 7.77. The van der Waals surface area contributed by atoms with Crippen LogP contribution in [0.2, 0.25) is 0 Å². The molecule has 1 aliphatic heterocycles. The van der Waals surface area contributed by atoms with Crippen molar-refractivity contribution >= 4 is 0 Å². The molecule has 1 aromatic heterocycles. The zero-order chi connectivity index (χ0) is 9.26. The Kier molecular flexibility index (Phi) is 2.28. The maximum absolute atomic E-state index is 5.91. The fraction of sp³-hybridized carbons (Fsp3) is 0.750. The van der Waals surface area contributed by atoms with Crippen molar-refractivity contribution < 1.29 is 0 Å². The lowest BCUT2D eigenvalue weighted by Gasteiger charge is -2.21. The average Bonchev–Trinajstić information content (AvgIpc) is 2.71. The van der Waals surface area contributed by atoms with Crippen LogP contribution in [0.5, 0.6) is 0 Å². The summed E-state index contributed by atoms with van der Waals surface area (Å²) in [5.41, 5.74) is 5.91. The van der Waals surface area contributed by atoms with Crippen LogP contribution in [0.25, 0.3) is 0 Å². The highest BCUT2D eigenvalue weighted by Crippen LogP contribution is 2.16. The van der Waals surface area contributed by atoms with Gasteiger partial charge in [-0.15, -0.1) is 0 Å². The lowest BCUT2D eigenvalue weighted by molar-refractivity contribution is 0.246. The Hall–Kier alpha value is -0.940. The van der Waals surface area contributed by atoms with E-state index in [1.54, 1.807) is 0 Å². The molecule has 0 saturated carbocycles. The van der Waals surface area contributed by atoms with Gasteiger partial charge in [0.05, 0.1) is 6.54 Å². The highest BCUT2D eigenvalue weighted by atomic mass is 15.3. The summed E-state index contributed by atoms with van der Waals surface area (Å²) in [6, 6.07) is 0.757. The minimum absolute atomic E-state index is 0.308. The van der Waals surface area contributed by atoms with Gasteiger partial charge in [0.25, 0.3) is 0 Å². The van der Waals surface area contributed by atoms with E-state index < -0.39 is 0 Å². The summed E-state index contributed by atoms with van der Waals surface area (Å²) in [5, 5.41) is 6.67. The molecule has 3 N–H and O–H groups in total. The van der Waals surface area contributed by atoms with E-state index in [2.05, 4.69) is 27.0 Å². The number of H-pyrrole nitrogens is 1. The first-order chi connectivity index (χ1) is 6.27. The molecule has 5 nitrogen and oxygen atoms in total. The molecule has 2 unspecified atom stereocenters. The lowest BCUT2D eigenvalue weighted by Crippen LogP contribution is -2.36. The zero-order valence-electron chi connectivity index (χ0n) is 7.77. The summed E-state index contributed by atoms with van der Waals surface area (Å²) in [7, 11) is 0. The molecule has 2 heterocycles. The van der Waals surface area contributed by atoms with E-state index in [-0.39, 0.29) is 0 Å². The first kappa shape index (κ1) is 8.65. The van der Waals surface area contributed by atoms with Crippen LogP contribution in [-0.4, -0.2) is 38.7 Å². The second-order valence-corrected chi connectivity index (χ2v) is 3.60. The summed E-state index contributed by atoms with van der Waals surface area (Å²) in [6.45, 7) is 4.05. The molecule has 0 radical (unpaired) electrons. The average molecular weight is 181 g/mol. The summed E-state index contributed by atoms with van der Waals surface area (Å²) >= 11 is 0. The molecule has 72 valence electrons. The fourth-order valence-electron chi connectivity index (χ4n) is 1.75. The largest absolute Gasteiger partial charge is 0.326 e. The Morgan fingerprint density at radius 1 is 1.77 bits per heavy atom. The van der Waals surface area contributed by atoms with Gasteiger partial charge < -0.3 is 5.73 Å². The van der Waals surface area contributed by atoms with E-state index >= 15 is 0 Å². The molecule has 2 rings (SSSR count). The van der Waals surface area contributed by atoms with Gasteiger partial charge in [0.15, 0.2) is 0 Å². The third-order valence-electron chi connectivity index (χ3n) is 2.76. The number of hydrogen-bond acceptors (Lipinski definition) is 4. The quantitative estimate of drug-likeness (QED) is 0.658. The van der Waals surface area contributed by atoms with Crippen LogP contribution in [0.4, 0.5) is 0 Å². The topological polar surface area (TPSA) is 70.8 Å². The van der Waals surface area contributed by atoms with E-state index in [0.717, 1.165) is 25.3 Å². The molecule has 1 saturated heterocycles. The first-order valence-electron chi connectivity index (χ1n) is 4.61. The van der Waals surface area contributed by atoms with Crippen LogP contribution < -0.4 is 5.73 Å². The third kappa shape index (κ3) is 1.71. The van der Waals surface area contributed by atoms with Gasteiger partial charge in [0, 0.05) is 18.6 Å². The standard InChI is InChI=1S/C8H15N5/c1-6-7(9)2-3-13(6)4-8-10-5-11-12-8/h5-7H,2-4,9H2,1H3,(H,10,11,12). The number of rotatable bonds is 2. The van der Waals surface area contributed by atoms with Crippen LogP contribution in [0.15, 0.2) is 6.33 Å². The van der Waals surface area contributed by atoms with E-state index in [9.17, 15) is 0 Å². The Balaban J connectivity index is 1.96. The van der Waals surface area contributed by atoms with Crippen LogP contribution >= 0.6 is 0 Å². The molecule has 0 bridgehead atoms. The predicted octanol–water partition coefficient (Wildman–Crippen LogP) is -0.274. The molecule has 0 aliphatic carbocycles. The molecular weight excluding hydrogens is 166 g/mol. The molecule has 2 atom stereocenters. The van der Waals surface area contributed by atoms with Gasteiger partial charge in [-0.25, -0.2) is 4.98 Å². The molecule has 0 amide bonds. The van der Waals surface area contributed by atoms with Gasteiger partial charge in [-0.3, -0.25) is 10.00 Å². The summed E-state index contributed by atoms with van der Waals surface area (Å²) in [4.78, 5) is 6.41. The Labute approximate surface area is 77.3 Å². The SMILES string of the molecule is CC1C(N)CCN1Cc1ncn[nH]1. The van der Waals surface area contributed by atoms with Gasteiger partial charge in [-0.1, -0.05) is 0 Å². The van der Waals surface area contributed by atoms with Crippen molar-refractivity contribution in [2.24, 2.45) is 5.73 Å². The Morgan fingerprint density at radius 3 is 3.15 bits per heavy atom. The maximum atomic E-state index is 5.91. The van der Waals surface area contributed by atoms with Crippen molar-refractivity contribution in [2.45, 2.75) is 32.0 Å². The van der Waals surface area contributed by atoms with Gasteiger partial charge in [0.2, 0.25) is 0 Å². The van der Waals surface area contributed by atoms with Crippen molar-refractivity contribution in [2.75, 3.05) is 6.54 Å². The highest BCUT2D eigenvalue weighted by molar-refractivity contribution is 4.90.